The van der Waals surface area contributed by atoms with Gasteiger partial charge < -0.3 is 16.2 Å². The molecule has 3 rings (SSSR count). The van der Waals surface area contributed by atoms with Crippen LogP contribution in [0.25, 0.3) is 0 Å². The summed E-state index contributed by atoms with van der Waals surface area (Å²) in [5.41, 5.74) is 6.96. The van der Waals surface area contributed by atoms with E-state index in [-0.39, 0.29) is 17.6 Å². The quantitative estimate of drug-likeness (QED) is 0.575. The van der Waals surface area contributed by atoms with Crippen LogP contribution in [0.4, 0.5) is 5.69 Å². The average Bonchev–Trinajstić information content (AvgIpc) is 3.02. The highest BCUT2D eigenvalue weighted by Gasteiger charge is 2.42. The van der Waals surface area contributed by atoms with Gasteiger partial charge in [-0.15, -0.1) is 0 Å². The number of hydrogen-bond donors (Lipinski definition) is 3. The summed E-state index contributed by atoms with van der Waals surface area (Å²) >= 11 is 0. The molecule has 0 heterocycles. The summed E-state index contributed by atoms with van der Waals surface area (Å²) in [5.74, 6) is 1.85. The Morgan fingerprint density at radius 3 is 2.89 bits per heavy atom. The van der Waals surface area contributed by atoms with Crippen molar-refractivity contribution in [3.05, 3.63) is 23.8 Å². The fraction of sp³-hybridized carbons (Fsp3) is 0.533. The number of rotatable bonds is 3. The molecule has 102 valence electrons. The largest absolute Gasteiger partial charge is 0.508 e. The Labute approximate surface area is 113 Å². The first kappa shape index (κ1) is 12.3. The maximum absolute atomic E-state index is 12.2. The van der Waals surface area contributed by atoms with Crippen molar-refractivity contribution in [2.75, 3.05) is 5.73 Å². The van der Waals surface area contributed by atoms with Gasteiger partial charge >= 0.3 is 0 Å². The smallest absolute Gasteiger partial charge is 0.223 e. The normalized spacial score (nSPS) is 28.5. The van der Waals surface area contributed by atoms with Crippen LogP contribution >= 0.6 is 0 Å². The maximum atomic E-state index is 12.2. The van der Waals surface area contributed by atoms with Crippen molar-refractivity contribution in [3.8, 4) is 5.75 Å². The van der Waals surface area contributed by atoms with Gasteiger partial charge in [0.15, 0.2) is 0 Å². The first-order valence-corrected chi connectivity index (χ1v) is 6.98. The van der Waals surface area contributed by atoms with Gasteiger partial charge in [0.1, 0.15) is 5.75 Å². The summed E-state index contributed by atoms with van der Waals surface area (Å²) in [5, 5.41) is 12.7. The number of amides is 1. The van der Waals surface area contributed by atoms with Crippen LogP contribution in [0.2, 0.25) is 0 Å². The fourth-order valence-electron chi connectivity index (χ4n) is 3.63. The van der Waals surface area contributed by atoms with Gasteiger partial charge in [-0.25, -0.2) is 0 Å². The highest BCUT2D eigenvalue weighted by atomic mass is 16.3. The molecule has 0 saturated heterocycles. The molecular weight excluding hydrogens is 240 g/mol. The second-order valence-corrected chi connectivity index (χ2v) is 5.89. The summed E-state index contributed by atoms with van der Waals surface area (Å²) in [6.07, 6.45) is 4.76. The van der Waals surface area contributed by atoms with Gasteiger partial charge in [-0.3, -0.25) is 4.79 Å². The highest BCUT2D eigenvalue weighted by Crippen LogP contribution is 2.48. The lowest BCUT2D eigenvalue weighted by Crippen LogP contribution is -2.33. The third-order valence-corrected chi connectivity index (χ3v) is 4.63. The summed E-state index contributed by atoms with van der Waals surface area (Å²) in [6, 6.07) is 4.92. The molecule has 1 aromatic rings. The molecule has 1 amide bonds. The predicted molar refractivity (Wildman–Crippen MR) is 73.3 cm³/mol. The molecule has 3 unspecified atom stereocenters. The minimum atomic E-state index is 0.133. The van der Waals surface area contributed by atoms with Crippen LogP contribution < -0.4 is 11.1 Å². The highest BCUT2D eigenvalue weighted by molar-refractivity contribution is 5.79. The van der Waals surface area contributed by atoms with E-state index in [1.165, 1.54) is 19.3 Å². The monoisotopic (exact) mass is 260 g/mol. The Bertz CT molecular complexity index is 501. The van der Waals surface area contributed by atoms with Gasteiger partial charge in [-0.1, -0.05) is 6.42 Å². The number of aromatic hydroxyl groups is 1. The molecule has 2 aliphatic carbocycles. The number of hydrogen-bond acceptors (Lipinski definition) is 3. The number of carbonyl (C=O) groups is 1. The SMILES string of the molecule is Nc1ccc(O)c(CNC(=O)C2CC3CCC2C3)c1. The van der Waals surface area contributed by atoms with Crippen molar-refractivity contribution in [2.24, 2.45) is 17.8 Å². The average molecular weight is 260 g/mol. The molecule has 2 bridgehead atoms. The van der Waals surface area contributed by atoms with E-state index in [0.717, 1.165) is 12.3 Å². The van der Waals surface area contributed by atoms with Gasteiger partial charge in [0, 0.05) is 23.7 Å². The zero-order chi connectivity index (χ0) is 13.4. The molecule has 4 nitrogen and oxygen atoms in total. The van der Waals surface area contributed by atoms with E-state index >= 15 is 0 Å². The van der Waals surface area contributed by atoms with Crippen molar-refractivity contribution < 1.29 is 9.90 Å². The molecule has 0 radical (unpaired) electrons. The fourth-order valence-corrected chi connectivity index (χ4v) is 3.63. The summed E-state index contributed by atoms with van der Waals surface area (Å²) in [6.45, 7) is 0.351. The number of nitrogens with two attached hydrogens (primary N) is 1. The van der Waals surface area contributed by atoms with E-state index in [4.69, 9.17) is 5.73 Å². The number of carbonyl (C=O) groups excluding carboxylic acids is 1. The topological polar surface area (TPSA) is 75.3 Å². The Morgan fingerprint density at radius 2 is 2.21 bits per heavy atom. The van der Waals surface area contributed by atoms with E-state index < -0.39 is 0 Å². The summed E-state index contributed by atoms with van der Waals surface area (Å²) in [4.78, 5) is 12.2. The van der Waals surface area contributed by atoms with E-state index in [0.29, 0.717) is 23.7 Å². The van der Waals surface area contributed by atoms with E-state index in [2.05, 4.69) is 5.32 Å². The summed E-state index contributed by atoms with van der Waals surface area (Å²) < 4.78 is 0. The van der Waals surface area contributed by atoms with Gasteiger partial charge in [0.2, 0.25) is 5.91 Å². The first-order valence-electron chi connectivity index (χ1n) is 6.98. The zero-order valence-corrected chi connectivity index (χ0v) is 10.9. The minimum absolute atomic E-state index is 0.133. The Kier molecular flexibility index (Phi) is 3.09. The molecule has 2 aliphatic rings. The van der Waals surface area contributed by atoms with Crippen LogP contribution in [0, 0.1) is 17.8 Å². The lowest BCUT2D eigenvalue weighted by molar-refractivity contribution is -0.126. The predicted octanol–water partition coefficient (Wildman–Crippen LogP) is 2.03. The standard InChI is InChI=1S/C15H20N2O2/c16-12-3-4-14(18)11(7-12)8-17-15(19)13-6-9-1-2-10(13)5-9/h3-4,7,9-10,13,18H,1-2,5-6,8,16H2,(H,17,19). The zero-order valence-electron chi connectivity index (χ0n) is 10.9. The molecular formula is C15H20N2O2. The lowest BCUT2D eigenvalue weighted by Gasteiger charge is -2.21. The Morgan fingerprint density at radius 1 is 1.37 bits per heavy atom. The number of anilines is 1. The third-order valence-electron chi connectivity index (χ3n) is 4.63. The van der Waals surface area contributed by atoms with Gasteiger partial charge in [0.05, 0.1) is 0 Å². The number of phenols is 1. The first-order chi connectivity index (χ1) is 9.13. The second kappa shape index (κ2) is 4.76. The number of nitrogen functional groups attached to an aromatic ring is 1. The molecule has 0 aromatic heterocycles. The van der Waals surface area contributed by atoms with Crippen molar-refractivity contribution in [1.82, 2.24) is 5.32 Å². The number of nitrogens with one attached hydrogen (secondary N) is 1. The van der Waals surface area contributed by atoms with Gasteiger partial charge in [-0.05, 0) is 49.3 Å². The van der Waals surface area contributed by atoms with Crippen molar-refractivity contribution in [3.63, 3.8) is 0 Å². The van der Waals surface area contributed by atoms with Crippen LogP contribution in [-0.4, -0.2) is 11.0 Å². The van der Waals surface area contributed by atoms with Gasteiger partial charge in [0.25, 0.3) is 0 Å². The lowest BCUT2D eigenvalue weighted by atomic mass is 9.88. The molecule has 4 N–H and O–H groups in total. The number of benzene rings is 1. The summed E-state index contributed by atoms with van der Waals surface area (Å²) in [7, 11) is 0. The molecule has 2 saturated carbocycles. The molecule has 1 aromatic carbocycles. The van der Waals surface area contributed by atoms with Crippen molar-refractivity contribution in [1.29, 1.82) is 0 Å². The maximum Gasteiger partial charge on any atom is 0.223 e. The van der Waals surface area contributed by atoms with Crippen LogP contribution in [0.1, 0.15) is 31.2 Å². The molecule has 0 spiro atoms. The Hall–Kier alpha value is -1.71. The minimum Gasteiger partial charge on any atom is -0.508 e. The van der Waals surface area contributed by atoms with Crippen LogP contribution in [0.15, 0.2) is 18.2 Å². The van der Waals surface area contributed by atoms with Gasteiger partial charge in [-0.2, -0.15) is 0 Å². The van der Waals surface area contributed by atoms with E-state index in [9.17, 15) is 9.90 Å². The van der Waals surface area contributed by atoms with Crippen LogP contribution in [-0.2, 0) is 11.3 Å². The molecule has 0 aliphatic heterocycles. The van der Waals surface area contributed by atoms with Crippen molar-refractivity contribution in [2.45, 2.75) is 32.2 Å². The van der Waals surface area contributed by atoms with E-state index in [1.54, 1.807) is 18.2 Å². The molecule has 3 atom stereocenters. The van der Waals surface area contributed by atoms with Crippen LogP contribution in [0.5, 0.6) is 5.75 Å². The Balaban J connectivity index is 1.60. The second-order valence-electron chi connectivity index (χ2n) is 5.89. The number of fused-ring (bicyclic) bond motifs is 2. The van der Waals surface area contributed by atoms with Crippen molar-refractivity contribution >= 4 is 11.6 Å². The van der Waals surface area contributed by atoms with E-state index in [1.807, 2.05) is 0 Å². The molecule has 19 heavy (non-hydrogen) atoms. The number of phenolic OH excluding ortho intramolecular Hbond substituents is 1. The molecule has 4 heteroatoms. The van der Waals surface area contributed by atoms with Crippen LogP contribution in [0.3, 0.4) is 0 Å². The third kappa shape index (κ3) is 2.39. The molecule has 2 fully saturated rings.